The number of nitrogens with zero attached hydrogens (tertiary/aromatic N) is 2. The molecule has 2 aromatic carbocycles. The summed E-state index contributed by atoms with van der Waals surface area (Å²) in [5, 5.41) is 3.10. The molecule has 0 aliphatic carbocycles. The van der Waals surface area contributed by atoms with Gasteiger partial charge in [-0.05, 0) is 62.0 Å². The first kappa shape index (κ1) is 21.5. The first-order chi connectivity index (χ1) is 15.1. The van der Waals surface area contributed by atoms with Gasteiger partial charge in [0.15, 0.2) is 0 Å². The summed E-state index contributed by atoms with van der Waals surface area (Å²) in [5.41, 5.74) is 8.73. The molecule has 6 nitrogen and oxygen atoms in total. The number of nitrogens with two attached hydrogens (primary N) is 1. The minimum Gasteiger partial charge on any atom is -0.369 e. The summed E-state index contributed by atoms with van der Waals surface area (Å²) in [7, 11) is 0. The quantitative estimate of drug-likeness (QED) is 0.722. The Hall–Kier alpha value is -2.70. The van der Waals surface area contributed by atoms with Crippen molar-refractivity contribution >= 4 is 17.5 Å². The van der Waals surface area contributed by atoms with E-state index in [1.165, 1.54) is 11.1 Å². The molecular weight excluding hydrogens is 388 g/mol. The van der Waals surface area contributed by atoms with Crippen LogP contribution in [0.4, 0.5) is 5.69 Å². The summed E-state index contributed by atoms with van der Waals surface area (Å²) in [6.45, 7) is 4.27. The Labute approximate surface area is 184 Å². The zero-order valence-corrected chi connectivity index (χ0v) is 18.0. The Morgan fingerprint density at radius 1 is 0.903 bits per heavy atom. The van der Waals surface area contributed by atoms with Crippen LogP contribution in [-0.4, -0.2) is 47.3 Å². The van der Waals surface area contributed by atoms with E-state index in [-0.39, 0.29) is 23.8 Å². The van der Waals surface area contributed by atoms with Crippen molar-refractivity contribution in [3.05, 3.63) is 65.7 Å². The van der Waals surface area contributed by atoms with Gasteiger partial charge in [-0.1, -0.05) is 42.5 Å². The average Bonchev–Trinajstić information content (AvgIpc) is 3.24. The van der Waals surface area contributed by atoms with E-state index in [0.717, 1.165) is 64.1 Å². The molecule has 3 N–H and O–H groups in total. The lowest BCUT2D eigenvalue weighted by atomic mass is 9.97. The molecule has 0 radical (unpaired) electrons. The predicted molar refractivity (Wildman–Crippen MR) is 122 cm³/mol. The average molecular weight is 421 g/mol. The molecule has 4 rings (SSSR count). The molecule has 2 amide bonds. The van der Waals surface area contributed by atoms with Crippen molar-refractivity contribution in [2.45, 2.75) is 44.8 Å². The molecule has 164 valence electrons. The summed E-state index contributed by atoms with van der Waals surface area (Å²) >= 11 is 0. The number of amides is 2. The van der Waals surface area contributed by atoms with Crippen LogP contribution in [0.1, 0.15) is 36.8 Å². The fraction of sp³-hybridized carbons (Fsp3) is 0.440. The lowest BCUT2D eigenvalue weighted by Gasteiger charge is -2.31. The molecule has 2 aliphatic heterocycles. The van der Waals surface area contributed by atoms with Crippen molar-refractivity contribution in [2.24, 2.45) is 11.7 Å². The molecule has 0 spiro atoms. The molecule has 2 aromatic rings. The topological polar surface area (TPSA) is 78.7 Å². The highest BCUT2D eigenvalue weighted by Gasteiger charge is 2.30. The van der Waals surface area contributed by atoms with Crippen LogP contribution in [0.15, 0.2) is 54.6 Å². The van der Waals surface area contributed by atoms with E-state index in [9.17, 15) is 9.59 Å². The number of primary amides is 1. The summed E-state index contributed by atoms with van der Waals surface area (Å²) in [5.74, 6) is -0.171. The number of likely N-dealkylation sites (tertiary alicyclic amines) is 2. The smallest absolute Gasteiger partial charge is 0.241 e. The molecule has 2 aliphatic rings. The molecule has 6 heteroatoms. The minimum atomic E-state index is -0.198. The van der Waals surface area contributed by atoms with Crippen molar-refractivity contribution in [3.8, 4) is 0 Å². The number of carbonyl (C=O) groups is 2. The van der Waals surface area contributed by atoms with Gasteiger partial charge in [0.25, 0.3) is 0 Å². The van der Waals surface area contributed by atoms with Gasteiger partial charge in [-0.15, -0.1) is 0 Å². The van der Waals surface area contributed by atoms with E-state index in [0.29, 0.717) is 0 Å². The summed E-state index contributed by atoms with van der Waals surface area (Å²) in [6, 6.07) is 18.3. The Morgan fingerprint density at radius 2 is 1.61 bits per heavy atom. The third-order valence-electron chi connectivity index (χ3n) is 6.43. The van der Waals surface area contributed by atoms with E-state index in [1.807, 2.05) is 30.3 Å². The molecule has 2 atom stereocenters. The second-order valence-electron chi connectivity index (χ2n) is 8.78. The Bertz CT molecular complexity index is 884. The molecule has 0 saturated carbocycles. The highest BCUT2D eigenvalue weighted by Crippen LogP contribution is 2.23. The number of carbonyl (C=O) groups excluding carboxylic acids is 2. The molecule has 2 saturated heterocycles. The first-order valence-electron chi connectivity index (χ1n) is 11.3. The fourth-order valence-corrected chi connectivity index (χ4v) is 4.74. The molecular formula is C25H32N4O2. The van der Waals surface area contributed by atoms with E-state index in [1.54, 1.807) is 0 Å². The van der Waals surface area contributed by atoms with Gasteiger partial charge in [-0.3, -0.25) is 19.4 Å². The normalized spacial score (nSPS) is 22.3. The van der Waals surface area contributed by atoms with Crippen LogP contribution in [0.25, 0.3) is 0 Å². The van der Waals surface area contributed by atoms with Crippen LogP contribution >= 0.6 is 0 Å². The maximum absolute atomic E-state index is 12.9. The largest absolute Gasteiger partial charge is 0.369 e. The van der Waals surface area contributed by atoms with Gasteiger partial charge >= 0.3 is 0 Å². The second kappa shape index (κ2) is 10.1. The number of anilines is 1. The van der Waals surface area contributed by atoms with E-state index in [2.05, 4.69) is 39.4 Å². The number of nitrogens with one attached hydrogen (secondary N) is 1. The fourth-order valence-electron chi connectivity index (χ4n) is 4.74. The molecule has 0 bridgehead atoms. The van der Waals surface area contributed by atoms with Gasteiger partial charge in [-0.25, -0.2) is 0 Å². The summed E-state index contributed by atoms with van der Waals surface area (Å²) in [4.78, 5) is 29.0. The standard InChI is InChI=1S/C25H32N4O2/c26-24(30)21-8-4-14-28(18-21)16-20-10-12-22(13-11-20)27-25(31)23-9-5-15-29(23)17-19-6-2-1-3-7-19/h1-3,6-7,10-13,21,23H,4-5,8-9,14-18H2,(H2,26,30)(H,27,31)/t21-,23-/m1/s1. The Kier molecular flexibility index (Phi) is 6.99. The van der Waals surface area contributed by atoms with Gasteiger partial charge in [0.2, 0.25) is 11.8 Å². The Morgan fingerprint density at radius 3 is 2.35 bits per heavy atom. The molecule has 2 heterocycles. The highest BCUT2D eigenvalue weighted by molar-refractivity contribution is 5.95. The van der Waals surface area contributed by atoms with Crippen molar-refractivity contribution < 1.29 is 9.59 Å². The van der Waals surface area contributed by atoms with Crippen LogP contribution in [0.3, 0.4) is 0 Å². The molecule has 31 heavy (non-hydrogen) atoms. The van der Waals surface area contributed by atoms with E-state index in [4.69, 9.17) is 5.73 Å². The third-order valence-corrected chi connectivity index (χ3v) is 6.43. The van der Waals surface area contributed by atoms with Gasteiger partial charge in [0.05, 0.1) is 12.0 Å². The second-order valence-corrected chi connectivity index (χ2v) is 8.78. The summed E-state index contributed by atoms with van der Waals surface area (Å²) in [6.07, 6.45) is 3.83. The number of piperidine rings is 1. The van der Waals surface area contributed by atoms with Crippen LogP contribution in [-0.2, 0) is 22.7 Å². The van der Waals surface area contributed by atoms with Gasteiger partial charge < -0.3 is 11.1 Å². The molecule has 0 aromatic heterocycles. The van der Waals surface area contributed by atoms with Crippen molar-refractivity contribution in [2.75, 3.05) is 25.0 Å². The Balaban J connectivity index is 1.31. The lowest BCUT2D eigenvalue weighted by molar-refractivity contribution is -0.123. The third kappa shape index (κ3) is 5.71. The zero-order valence-electron chi connectivity index (χ0n) is 18.0. The monoisotopic (exact) mass is 420 g/mol. The molecule has 0 unspecified atom stereocenters. The number of rotatable bonds is 7. The van der Waals surface area contributed by atoms with Crippen molar-refractivity contribution in [1.29, 1.82) is 0 Å². The van der Waals surface area contributed by atoms with Crippen LogP contribution < -0.4 is 11.1 Å². The number of hydrogen-bond acceptors (Lipinski definition) is 4. The van der Waals surface area contributed by atoms with Gasteiger partial charge in [-0.2, -0.15) is 0 Å². The maximum Gasteiger partial charge on any atom is 0.241 e. The SMILES string of the molecule is NC(=O)[C@@H]1CCCN(Cc2ccc(NC(=O)[C@H]3CCCN3Cc3ccccc3)cc2)C1. The lowest BCUT2D eigenvalue weighted by Crippen LogP contribution is -2.40. The van der Waals surface area contributed by atoms with Gasteiger partial charge in [0.1, 0.15) is 0 Å². The van der Waals surface area contributed by atoms with E-state index >= 15 is 0 Å². The number of benzene rings is 2. The first-order valence-corrected chi connectivity index (χ1v) is 11.3. The maximum atomic E-state index is 12.9. The van der Waals surface area contributed by atoms with E-state index < -0.39 is 0 Å². The highest BCUT2D eigenvalue weighted by atomic mass is 16.2. The van der Waals surface area contributed by atoms with Crippen molar-refractivity contribution in [1.82, 2.24) is 9.80 Å². The minimum absolute atomic E-state index is 0.0439. The van der Waals surface area contributed by atoms with Crippen LogP contribution in [0.5, 0.6) is 0 Å². The van der Waals surface area contributed by atoms with Crippen molar-refractivity contribution in [3.63, 3.8) is 0 Å². The van der Waals surface area contributed by atoms with Crippen LogP contribution in [0.2, 0.25) is 0 Å². The summed E-state index contributed by atoms with van der Waals surface area (Å²) < 4.78 is 0. The number of hydrogen-bond donors (Lipinski definition) is 2. The van der Waals surface area contributed by atoms with Gasteiger partial charge in [0, 0.05) is 25.3 Å². The molecule has 2 fully saturated rings. The zero-order chi connectivity index (χ0) is 21.6. The predicted octanol–water partition coefficient (Wildman–Crippen LogP) is 2.99. The van der Waals surface area contributed by atoms with Crippen LogP contribution in [0, 0.1) is 5.92 Å².